The minimum absolute atomic E-state index is 0. The molecule has 0 radical (unpaired) electrons. The first-order valence-electron chi connectivity index (χ1n) is 8.64. The van der Waals surface area contributed by atoms with Crippen molar-refractivity contribution in [3.8, 4) is 0 Å². The van der Waals surface area contributed by atoms with Crippen molar-refractivity contribution in [2.24, 2.45) is 10.9 Å². The molecule has 0 bridgehead atoms. The van der Waals surface area contributed by atoms with Crippen LogP contribution in [0.3, 0.4) is 0 Å². The number of rotatable bonds is 5. The first-order valence-corrected chi connectivity index (χ1v) is 8.64. The molecule has 3 unspecified atom stereocenters. The normalized spacial score (nSPS) is 25.0. The van der Waals surface area contributed by atoms with E-state index < -0.39 is 0 Å². The minimum atomic E-state index is -0.310. The van der Waals surface area contributed by atoms with Crippen molar-refractivity contribution in [3.63, 3.8) is 0 Å². The number of aliphatic imine (C=N–C) groups is 1. The Morgan fingerprint density at radius 2 is 2.20 bits per heavy atom. The molecule has 2 fully saturated rings. The SMILES string of the molecule is CN=C(NCc1cccc(NC(=O)C2CCCO2)c1)NC1CC1C.I. The molecule has 1 aromatic rings. The van der Waals surface area contributed by atoms with Crippen LogP contribution < -0.4 is 16.0 Å². The highest BCUT2D eigenvalue weighted by molar-refractivity contribution is 14.0. The molecule has 7 heteroatoms. The number of carbonyl (C=O) groups is 1. The third-order valence-electron chi connectivity index (χ3n) is 4.53. The van der Waals surface area contributed by atoms with Gasteiger partial charge >= 0.3 is 0 Å². The van der Waals surface area contributed by atoms with E-state index >= 15 is 0 Å². The van der Waals surface area contributed by atoms with Crippen LogP contribution in [0.4, 0.5) is 5.69 Å². The second-order valence-corrected chi connectivity index (χ2v) is 6.58. The number of halogens is 1. The summed E-state index contributed by atoms with van der Waals surface area (Å²) in [6, 6.07) is 8.39. The molecule has 1 aromatic carbocycles. The van der Waals surface area contributed by atoms with Crippen LogP contribution in [0, 0.1) is 5.92 Å². The minimum Gasteiger partial charge on any atom is -0.368 e. The molecular formula is C18H27IN4O2. The van der Waals surface area contributed by atoms with Crippen LogP contribution in [0.25, 0.3) is 0 Å². The van der Waals surface area contributed by atoms with Gasteiger partial charge in [-0.3, -0.25) is 9.79 Å². The van der Waals surface area contributed by atoms with Crippen LogP contribution in [-0.2, 0) is 16.1 Å². The summed E-state index contributed by atoms with van der Waals surface area (Å²) < 4.78 is 5.41. The van der Waals surface area contributed by atoms with Crippen LogP contribution in [0.5, 0.6) is 0 Å². The summed E-state index contributed by atoms with van der Waals surface area (Å²) in [5.74, 6) is 1.48. The van der Waals surface area contributed by atoms with Crippen LogP contribution >= 0.6 is 24.0 Å². The average Bonchev–Trinajstić information content (AvgIpc) is 3.04. The summed E-state index contributed by atoms with van der Waals surface area (Å²) in [5.41, 5.74) is 1.89. The molecular weight excluding hydrogens is 431 g/mol. The summed E-state index contributed by atoms with van der Waals surface area (Å²) >= 11 is 0. The van der Waals surface area contributed by atoms with Crippen molar-refractivity contribution in [1.29, 1.82) is 0 Å². The van der Waals surface area contributed by atoms with Gasteiger partial charge in [-0.2, -0.15) is 0 Å². The van der Waals surface area contributed by atoms with E-state index in [1.165, 1.54) is 6.42 Å². The zero-order valence-corrected chi connectivity index (χ0v) is 17.1. The Morgan fingerprint density at radius 3 is 2.84 bits per heavy atom. The molecule has 1 aliphatic carbocycles. The largest absolute Gasteiger partial charge is 0.368 e. The summed E-state index contributed by atoms with van der Waals surface area (Å²) in [7, 11) is 1.78. The number of guanidine groups is 1. The Hall–Kier alpha value is -1.35. The fraction of sp³-hybridized carbons (Fsp3) is 0.556. The van der Waals surface area contributed by atoms with Crippen molar-refractivity contribution >= 4 is 41.5 Å². The second kappa shape index (κ2) is 9.38. The highest BCUT2D eigenvalue weighted by Gasteiger charge is 2.33. The van der Waals surface area contributed by atoms with Gasteiger partial charge in [0.25, 0.3) is 5.91 Å². The van der Waals surface area contributed by atoms with Gasteiger partial charge < -0.3 is 20.7 Å². The van der Waals surface area contributed by atoms with Crippen LogP contribution in [0.15, 0.2) is 29.3 Å². The molecule has 1 heterocycles. The molecule has 1 saturated heterocycles. The van der Waals surface area contributed by atoms with E-state index in [9.17, 15) is 4.79 Å². The van der Waals surface area contributed by atoms with E-state index in [4.69, 9.17) is 4.74 Å². The van der Waals surface area contributed by atoms with E-state index in [0.29, 0.717) is 19.2 Å². The van der Waals surface area contributed by atoms with Crippen molar-refractivity contribution < 1.29 is 9.53 Å². The summed E-state index contributed by atoms with van der Waals surface area (Å²) in [6.45, 7) is 3.56. The number of carbonyl (C=O) groups excluding carboxylic acids is 1. The molecule has 0 aromatic heterocycles. The Kier molecular flexibility index (Phi) is 7.49. The summed E-state index contributed by atoms with van der Waals surface area (Å²) in [4.78, 5) is 16.4. The number of nitrogens with zero attached hydrogens (tertiary/aromatic N) is 1. The third-order valence-corrected chi connectivity index (χ3v) is 4.53. The van der Waals surface area contributed by atoms with Crippen molar-refractivity contribution in [3.05, 3.63) is 29.8 Å². The molecule has 25 heavy (non-hydrogen) atoms. The van der Waals surface area contributed by atoms with Crippen molar-refractivity contribution in [2.75, 3.05) is 19.0 Å². The Bertz CT molecular complexity index is 617. The van der Waals surface area contributed by atoms with E-state index in [1.807, 2.05) is 24.3 Å². The molecule has 3 atom stereocenters. The van der Waals surface area contributed by atoms with Gasteiger partial charge in [0, 0.05) is 31.9 Å². The molecule has 138 valence electrons. The highest BCUT2D eigenvalue weighted by Crippen LogP contribution is 2.28. The molecule has 3 rings (SSSR count). The van der Waals surface area contributed by atoms with Crippen molar-refractivity contribution in [2.45, 2.75) is 44.9 Å². The zero-order chi connectivity index (χ0) is 16.9. The highest BCUT2D eigenvalue weighted by atomic mass is 127. The van der Waals surface area contributed by atoms with Crippen LogP contribution in [0.2, 0.25) is 0 Å². The topological polar surface area (TPSA) is 74.8 Å². The number of nitrogens with one attached hydrogen (secondary N) is 3. The molecule has 3 N–H and O–H groups in total. The maximum atomic E-state index is 12.1. The van der Waals surface area contributed by atoms with Crippen LogP contribution in [0.1, 0.15) is 31.7 Å². The predicted molar refractivity (Wildman–Crippen MR) is 110 cm³/mol. The predicted octanol–water partition coefficient (Wildman–Crippen LogP) is 2.50. The van der Waals surface area contributed by atoms with Gasteiger partial charge in [-0.25, -0.2) is 0 Å². The van der Waals surface area contributed by atoms with Gasteiger partial charge in [0.2, 0.25) is 0 Å². The molecule has 2 aliphatic rings. The first-order chi connectivity index (χ1) is 11.7. The quantitative estimate of drug-likeness (QED) is 0.360. The Balaban J connectivity index is 0.00000225. The number of amides is 1. The monoisotopic (exact) mass is 458 g/mol. The standard InChI is InChI=1S/C18H26N4O2.HI/c1-12-9-15(12)22-18(19-2)20-11-13-5-3-6-14(10-13)21-17(23)16-7-4-8-24-16;/h3,5-6,10,12,15-16H,4,7-9,11H2,1-2H3,(H,21,23)(H2,19,20,22);1H. The number of benzene rings is 1. The molecule has 1 saturated carbocycles. The average molecular weight is 458 g/mol. The fourth-order valence-corrected chi connectivity index (χ4v) is 2.85. The van der Waals surface area contributed by atoms with E-state index in [0.717, 1.165) is 36.0 Å². The van der Waals surface area contributed by atoms with Gasteiger partial charge in [-0.05, 0) is 42.9 Å². The van der Waals surface area contributed by atoms with E-state index in [2.05, 4.69) is 27.9 Å². The number of hydrogen-bond donors (Lipinski definition) is 3. The Morgan fingerprint density at radius 1 is 1.40 bits per heavy atom. The van der Waals surface area contributed by atoms with Gasteiger partial charge in [0.1, 0.15) is 6.10 Å². The lowest BCUT2D eigenvalue weighted by molar-refractivity contribution is -0.124. The summed E-state index contributed by atoms with van der Waals surface area (Å²) in [5, 5.41) is 9.65. The lowest BCUT2D eigenvalue weighted by atomic mass is 10.2. The van der Waals surface area contributed by atoms with E-state index in [1.54, 1.807) is 7.05 Å². The van der Waals surface area contributed by atoms with Crippen LogP contribution in [-0.4, -0.2) is 37.7 Å². The second-order valence-electron chi connectivity index (χ2n) is 6.58. The smallest absolute Gasteiger partial charge is 0.253 e. The molecule has 6 nitrogen and oxygen atoms in total. The van der Waals surface area contributed by atoms with E-state index in [-0.39, 0.29) is 36.0 Å². The summed E-state index contributed by atoms with van der Waals surface area (Å²) in [6.07, 6.45) is 2.64. The Labute approximate surface area is 166 Å². The third kappa shape index (κ3) is 5.85. The molecule has 1 aliphatic heterocycles. The maximum absolute atomic E-state index is 12.1. The maximum Gasteiger partial charge on any atom is 0.253 e. The van der Waals surface area contributed by atoms with Crippen molar-refractivity contribution in [1.82, 2.24) is 10.6 Å². The molecule has 1 amide bonds. The number of ether oxygens (including phenoxy) is 1. The first kappa shape index (κ1) is 20.0. The zero-order valence-electron chi connectivity index (χ0n) is 14.7. The van der Waals surface area contributed by atoms with Gasteiger partial charge in [0.15, 0.2) is 5.96 Å². The molecule has 0 spiro atoms. The number of anilines is 1. The number of hydrogen-bond acceptors (Lipinski definition) is 3. The lowest BCUT2D eigenvalue weighted by Gasteiger charge is -2.13. The van der Waals surface area contributed by atoms with Gasteiger partial charge in [-0.1, -0.05) is 19.1 Å². The van der Waals surface area contributed by atoms with Gasteiger partial charge in [-0.15, -0.1) is 24.0 Å². The van der Waals surface area contributed by atoms with Gasteiger partial charge in [0.05, 0.1) is 0 Å². The lowest BCUT2D eigenvalue weighted by Crippen LogP contribution is -2.38. The fourth-order valence-electron chi connectivity index (χ4n) is 2.85.